The SMILES string of the molecule is C=C(CCCC1(CCCC(=C)c2ccccc2)c2ccccc2-c2ccccc21)c1ccccc1. The minimum Gasteiger partial charge on any atom is -0.0952 e. The van der Waals surface area contributed by atoms with Crippen LogP contribution in [0.25, 0.3) is 22.3 Å². The first kappa shape index (κ1) is 23.1. The fraction of sp³-hybridized carbons (Fsp3) is 0.200. The fourth-order valence-corrected chi connectivity index (χ4v) is 5.92. The molecule has 0 N–H and O–H groups in total. The van der Waals surface area contributed by atoms with E-state index < -0.39 is 0 Å². The van der Waals surface area contributed by atoms with E-state index in [1.165, 1.54) is 44.5 Å². The Morgan fingerprint density at radius 2 is 0.857 bits per heavy atom. The lowest BCUT2D eigenvalue weighted by Gasteiger charge is -2.33. The van der Waals surface area contributed by atoms with Crippen molar-refractivity contribution in [1.29, 1.82) is 0 Å². The van der Waals surface area contributed by atoms with E-state index in [0.717, 1.165) is 38.5 Å². The Hall–Kier alpha value is -3.64. The van der Waals surface area contributed by atoms with E-state index in [1.54, 1.807) is 0 Å². The summed E-state index contributed by atoms with van der Waals surface area (Å²) >= 11 is 0. The summed E-state index contributed by atoms with van der Waals surface area (Å²) in [4.78, 5) is 0. The molecule has 5 rings (SSSR count). The molecule has 0 atom stereocenters. The van der Waals surface area contributed by atoms with Crippen molar-refractivity contribution in [1.82, 2.24) is 0 Å². The summed E-state index contributed by atoms with van der Waals surface area (Å²) in [6, 6.07) is 39.4. The van der Waals surface area contributed by atoms with E-state index in [4.69, 9.17) is 0 Å². The molecule has 4 aromatic carbocycles. The van der Waals surface area contributed by atoms with E-state index in [9.17, 15) is 0 Å². The monoisotopic (exact) mass is 454 g/mol. The Kier molecular flexibility index (Phi) is 6.82. The molecule has 1 aliphatic rings. The zero-order valence-electron chi connectivity index (χ0n) is 20.5. The van der Waals surface area contributed by atoms with Crippen LogP contribution >= 0.6 is 0 Å². The Morgan fingerprint density at radius 3 is 1.29 bits per heavy atom. The fourth-order valence-electron chi connectivity index (χ4n) is 5.92. The third-order valence-electron chi connectivity index (χ3n) is 7.70. The van der Waals surface area contributed by atoms with E-state index in [1.807, 2.05) is 0 Å². The Bertz CT molecular complexity index is 1210. The summed E-state index contributed by atoms with van der Waals surface area (Å²) < 4.78 is 0. The molecule has 0 heteroatoms. The molecule has 0 saturated carbocycles. The highest BCUT2D eigenvalue weighted by molar-refractivity contribution is 5.81. The van der Waals surface area contributed by atoms with E-state index >= 15 is 0 Å². The first-order chi connectivity index (χ1) is 17.2. The van der Waals surface area contributed by atoms with E-state index in [-0.39, 0.29) is 5.41 Å². The third kappa shape index (κ3) is 4.66. The van der Waals surface area contributed by atoms with Crippen molar-refractivity contribution in [3.05, 3.63) is 145 Å². The topological polar surface area (TPSA) is 0 Å². The van der Waals surface area contributed by atoms with Gasteiger partial charge in [0.25, 0.3) is 0 Å². The minimum atomic E-state index is 0.0428. The van der Waals surface area contributed by atoms with Crippen molar-refractivity contribution in [2.75, 3.05) is 0 Å². The lowest BCUT2D eigenvalue weighted by molar-refractivity contribution is 0.424. The van der Waals surface area contributed by atoms with Gasteiger partial charge in [-0.15, -0.1) is 0 Å². The molecule has 35 heavy (non-hydrogen) atoms. The van der Waals surface area contributed by atoms with Gasteiger partial charge in [0.05, 0.1) is 0 Å². The summed E-state index contributed by atoms with van der Waals surface area (Å²) in [5.41, 5.74) is 10.8. The highest BCUT2D eigenvalue weighted by Gasteiger charge is 2.41. The van der Waals surface area contributed by atoms with Gasteiger partial charge in [-0.3, -0.25) is 0 Å². The third-order valence-corrected chi connectivity index (χ3v) is 7.70. The van der Waals surface area contributed by atoms with Gasteiger partial charge in [-0.05, 0) is 83.1 Å². The van der Waals surface area contributed by atoms with Crippen molar-refractivity contribution in [3.63, 3.8) is 0 Å². The first-order valence-corrected chi connectivity index (χ1v) is 12.8. The number of rotatable bonds is 10. The molecule has 0 aliphatic heterocycles. The molecule has 4 aromatic rings. The predicted octanol–water partition coefficient (Wildman–Crippen LogP) is 9.72. The maximum Gasteiger partial charge on any atom is 0.0215 e. The van der Waals surface area contributed by atoms with Crippen molar-refractivity contribution in [3.8, 4) is 11.1 Å². The van der Waals surface area contributed by atoms with E-state index in [0.29, 0.717) is 0 Å². The number of allylic oxidation sites excluding steroid dienone is 2. The van der Waals surface area contributed by atoms with Gasteiger partial charge in [0, 0.05) is 5.41 Å². The predicted molar refractivity (Wildman–Crippen MR) is 151 cm³/mol. The van der Waals surface area contributed by atoms with Crippen LogP contribution in [-0.2, 0) is 5.41 Å². The Morgan fingerprint density at radius 1 is 0.486 bits per heavy atom. The van der Waals surface area contributed by atoms with Gasteiger partial charge in [-0.2, -0.15) is 0 Å². The number of hydrogen-bond donors (Lipinski definition) is 0. The van der Waals surface area contributed by atoms with Crippen molar-refractivity contribution in [2.45, 2.75) is 43.9 Å². The Balaban J connectivity index is 1.40. The molecular formula is C35H34. The second-order valence-electron chi connectivity index (χ2n) is 9.82. The Labute approximate surface area is 210 Å². The molecule has 0 saturated heterocycles. The van der Waals surface area contributed by atoms with Crippen LogP contribution < -0.4 is 0 Å². The van der Waals surface area contributed by atoms with Crippen LogP contribution in [0, 0.1) is 0 Å². The van der Waals surface area contributed by atoms with Crippen molar-refractivity contribution < 1.29 is 0 Å². The maximum atomic E-state index is 4.41. The summed E-state index contributed by atoms with van der Waals surface area (Å²) in [6.45, 7) is 8.82. The van der Waals surface area contributed by atoms with Crippen LogP contribution in [0.5, 0.6) is 0 Å². The lowest BCUT2D eigenvalue weighted by Crippen LogP contribution is -2.25. The second kappa shape index (κ2) is 10.3. The normalized spacial score (nSPS) is 13.1. The number of fused-ring (bicyclic) bond motifs is 3. The van der Waals surface area contributed by atoms with Crippen LogP contribution in [0.1, 0.15) is 60.8 Å². The van der Waals surface area contributed by atoms with E-state index in [2.05, 4.69) is 122 Å². The summed E-state index contributed by atoms with van der Waals surface area (Å²) in [5, 5.41) is 0. The van der Waals surface area contributed by atoms with Crippen molar-refractivity contribution >= 4 is 11.1 Å². The van der Waals surface area contributed by atoms with Gasteiger partial charge in [0.2, 0.25) is 0 Å². The zero-order chi connectivity index (χ0) is 24.1. The smallest absolute Gasteiger partial charge is 0.0215 e. The average Bonchev–Trinajstić information content (AvgIpc) is 3.20. The molecule has 174 valence electrons. The molecule has 0 heterocycles. The summed E-state index contributed by atoms with van der Waals surface area (Å²) in [7, 11) is 0. The second-order valence-corrected chi connectivity index (χ2v) is 9.82. The van der Waals surface area contributed by atoms with Crippen molar-refractivity contribution in [2.24, 2.45) is 0 Å². The molecular weight excluding hydrogens is 420 g/mol. The molecule has 1 aliphatic carbocycles. The maximum absolute atomic E-state index is 4.41. The standard InChI is InChI=1S/C35H34/c1-27(29-17-5-3-6-18-29)15-13-25-35(26-14-16-28(2)30-19-7-4-8-20-30)33-23-11-9-21-31(33)32-22-10-12-24-34(32)35/h3-12,17-24H,1-2,13-16,25-26H2. The van der Waals surface area contributed by atoms with Gasteiger partial charge in [0.15, 0.2) is 0 Å². The van der Waals surface area contributed by atoms with Crippen LogP contribution in [0.15, 0.2) is 122 Å². The highest BCUT2D eigenvalue weighted by Crippen LogP contribution is 2.54. The van der Waals surface area contributed by atoms with Gasteiger partial charge < -0.3 is 0 Å². The summed E-state index contributed by atoms with van der Waals surface area (Å²) in [6.07, 6.45) is 6.54. The van der Waals surface area contributed by atoms with Crippen LogP contribution in [0.3, 0.4) is 0 Å². The van der Waals surface area contributed by atoms with Gasteiger partial charge in [-0.25, -0.2) is 0 Å². The number of benzene rings is 4. The molecule has 0 aromatic heterocycles. The van der Waals surface area contributed by atoms with Crippen LogP contribution in [0.2, 0.25) is 0 Å². The zero-order valence-corrected chi connectivity index (χ0v) is 20.5. The summed E-state index contributed by atoms with van der Waals surface area (Å²) in [5.74, 6) is 0. The molecule has 0 bridgehead atoms. The average molecular weight is 455 g/mol. The lowest BCUT2D eigenvalue weighted by atomic mass is 9.70. The largest absolute Gasteiger partial charge is 0.0952 e. The molecule has 0 spiro atoms. The molecule has 0 unspecified atom stereocenters. The quantitative estimate of drug-likeness (QED) is 0.224. The number of hydrogen-bond acceptors (Lipinski definition) is 0. The van der Waals surface area contributed by atoms with Gasteiger partial charge in [-0.1, -0.05) is 122 Å². The van der Waals surface area contributed by atoms with Crippen LogP contribution in [0.4, 0.5) is 0 Å². The molecule has 0 fully saturated rings. The minimum absolute atomic E-state index is 0.0428. The first-order valence-electron chi connectivity index (χ1n) is 12.8. The van der Waals surface area contributed by atoms with Gasteiger partial charge >= 0.3 is 0 Å². The molecule has 0 radical (unpaired) electrons. The van der Waals surface area contributed by atoms with Gasteiger partial charge in [0.1, 0.15) is 0 Å². The highest BCUT2D eigenvalue weighted by atomic mass is 14.4. The molecule has 0 amide bonds. The molecule has 0 nitrogen and oxygen atoms in total. The van der Waals surface area contributed by atoms with Crippen LogP contribution in [-0.4, -0.2) is 0 Å².